The molecule has 1 aromatic carbocycles. The zero-order valence-corrected chi connectivity index (χ0v) is 12.8. The van der Waals surface area contributed by atoms with Crippen molar-refractivity contribution in [3.8, 4) is 5.75 Å². The third-order valence-electron chi connectivity index (χ3n) is 4.06. The molecule has 1 aliphatic heterocycles. The first-order valence-electron chi connectivity index (χ1n) is 6.42. The van der Waals surface area contributed by atoms with Crippen LogP contribution in [0, 0.1) is 5.41 Å². The molecule has 1 amide bonds. The van der Waals surface area contributed by atoms with Gasteiger partial charge in [-0.2, -0.15) is 0 Å². The van der Waals surface area contributed by atoms with Crippen LogP contribution < -0.4 is 9.64 Å². The lowest BCUT2D eigenvalue weighted by molar-refractivity contribution is -0.121. The van der Waals surface area contributed by atoms with E-state index in [9.17, 15) is 4.79 Å². The number of carbonyl (C=O) groups excluding carboxylic acids is 1. The molecule has 3 nitrogen and oxygen atoms in total. The Labute approximate surface area is 126 Å². The third kappa shape index (κ3) is 2.36. The number of hydrogen-bond donors (Lipinski definition) is 0. The second-order valence-corrected chi connectivity index (χ2v) is 6.36. The van der Waals surface area contributed by atoms with Gasteiger partial charge in [-0.1, -0.05) is 34.0 Å². The van der Waals surface area contributed by atoms with E-state index in [0.29, 0.717) is 5.02 Å². The fraction of sp³-hybridized carbons (Fsp3) is 0.500. The van der Waals surface area contributed by atoms with Gasteiger partial charge in [0.1, 0.15) is 5.75 Å². The molecule has 0 aromatic heterocycles. The molecule has 1 saturated carbocycles. The van der Waals surface area contributed by atoms with E-state index in [0.717, 1.165) is 23.3 Å². The minimum Gasteiger partial charge on any atom is -0.482 e. The van der Waals surface area contributed by atoms with Gasteiger partial charge in [0.15, 0.2) is 6.61 Å². The lowest BCUT2D eigenvalue weighted by Gasteiger charge is -2.45. The van der Waals surface area contributed by atoms with E-state index in [4.69, 9.17) is 16.3 Å². The summed E-state index contributed by atoms with van der Waals surface area (Å²) < 4.78 is 5.46. The lowest BCUT2D eigenvalue weighted by Crippen LogP contribution is -2.49. The number of anilines is 1. The van der Waals surface area contributed by atoms with E-state index >= 15 is 0 Å². The summed E-state index contributed by atoms with van der Waals surface area (Å²) in [6, 6.07) is 5.44. The highest BCUT2D eigenvalue weighted by molar-refractivity contribution is 9.09. The van der Waals surface area contributed by atoms with Gasteiger partial charge in [-0.05, 0) is 36.5 Å². The van der Waals surface area contributed by atoms with Crippen molar-refractivity contribution in [1.29, 1.82) is 0 Å². The van der Waals surface area contributed by atoms with E-state index in [1.165, 1.54) is 19.3 Å². The quantitative estimate of drug-likeness (QED) is 0.784. The SMILES string of the molecule is O=C1COc2ccc(Cl)cc2N1CC1(CBr)CCC1. The van der Waals surface area contributed by atoms with Crippen molar-refractivity contribution in [2.75, 3.05) is 23.4 Å². The number of hydrogen-bond acceptors (Lipinski definition) is 2. The van der Waals surface area contributed by atoms with Crippen molar-refractivity contribution in [3.05, 3.63) is 23.2 Å². The summed E-state index contributed by atoms with van der Waals surface area (Å²) in [5, 5.41) is 1.56. The maximum absolute atomic E-state index is 12.1. The van der Waals surface area contributed by atoms with Gasteiger partial charge in [0.05, 0.1) is 5.69 Å². The fourth-order valence-corrected chi connectivity index (χ4v) is 3.60. The first-order valence-corrected chi connectivity index (χ1v) is 7.92. The molecule has 19 heavy (non-hydrogen) atoms. The van der Waals surface area contributed by atoms with Crippen LogP contribution in [0.2, 0.25) is 5.02 Å². The van der Waals surface area contributed by atoms with E-state index in [-0.39, 0.29) is 17.9 Å². The third-order valence-corrected chi connectivity index (χ3v) is 5.48. The molecule has 0 atom stereocenters. The Bertz CT molecular complexity index is 511. The Morgan fingerprint density at radius 2 is 2.21 bits per heavy atom. The predicted molar refractivity (Wildman–Crippen MR) is 79.4 cm³/mol. The molecular formula is C14H15BrClNO2. The Morgan fingerprint density at radius 1 is 1.42 bits per heavy atom. The smallest absolute Gasteiger partial charge is 0.265 e. The average Bonchev–Trinajstić information content (AvgIpc) is 2.36. The van der Waals surface area contributed by atoms with Gasteiger partial charge in [0, 0.05) is 16.9 Å². The van der Waals surface area contributed by atoms with Crippen molar-refractivity contribution in [2.24, 2.45) is 5.41 Å². The number of benzene rings is 1. The molecule has 0 spiro atoms. The number of halogens is 2. The molecule has 1 aromatic rings. The van der Waals surface area contributed by atoms with Crippen LogP contribution in [0.15, 0.2) is 18.2 Å². The Balaban J connectivity index is 1.92. The highest BCUT2D eigenvalue weighted by Gasteiger charge is 2.40. The zero-order chi connectivity index (χ0) is 13.5. The summed E-state index contributed by atoms with van der Waals surface area (Å²) in [5.41, 5.74) is 1.02. The van der Waals surface area contributed by atoms with Crippen molar-refractivity contribution < 1.29 is 9.53 Å². The van der Waals surface area contributed by atoms with E-state index in [1.807, 2.05) is 17.0 Å². The van der Waals surface area contributed by atoms with Gasteiger partial charge < -0.3 is 9.64 Å². The van der Waals surface area contributed by atoms with Crippen molar-refractivity contribution >= 4 is 39.1 Å². The standard InChI is InChI=1S/C14H15BrClNO2/c15-8-14(4-1-5-14)9-17-11-6-10(16)2-3-12(11)19-7-13(17)18/h2-3,6H,1,4-5,7-9H2. The molecule has 0 unspecified atom stereocenters. The number of carbonyl (C=O) groups is 1. The molecule has 5 heteroatoms. The minimum absolute atomic E-state index is 0.0157. The molecule has 1 aliphatic carbocycles. The number of rotatable bonds is 3. The molecule has 1 fully saturated rings. The van der Waals surface area contributed by atoms with Gasteiger partial charge in [-0.25, -0.2) is 0 Å². The van der Waals surface area contributed by atoms with Crippen molar-refractivity contribution in [3.63, 3.8) is 0 Å². The van der Waals surface area contributed by atoms with Gasteiger partial charge in [0.25, 0.3) is 5.91 Å². The van der Waals surface area contributed by atoms with Crippen LogP contribution in [0.5, 0.6) is 5.75 Å². The summed E-state index contributed by atoms with van der Waals surface area (Å²) in [7, 11) is 0. The van der Waals surface area contributed by atoms with E-state index in [1.54, 1.807) is 6.07 Å². The molecule has 0 N–H and O–H groups in total. The summed E-state index contributed by atoms with van der Waals surface area (Å²) in [6.07, 6.45) is 3.57. The first-order chi connectivity index (χ1) is 9.13. The fourth-order valence-electron chi connectivity index (χ4n) is 2.69. The van der Waals surface area contributed by atoms with Gasteiger partial charge in [-0.3, -0.25) is 4.79 Å². The number of alkyl halides is 1. The van der Waals surface area contributed by atoms with Gasteiger partial charge in [-0.15, -0.1) is 0 Å². The molecule has 1 heterocycles. The number of ether oxygens (including phenoxy) is 1. The Morgan fingerprint density at radius 3 is 2.84 bits per heavy atom. The largest absolute Gasteiger partial charge is 0.482 e. The lowest BCUT2D eigenvalue weighted by atomic mass is 9.70. The maximum atomic E-state index is 12.1. The summed E-state index contributed by atoms with van der Waals surface area (Å²) in [4.78, 5) is 14.0. The van der Waals surface area contributed by atoms with Crippen LogP contribution in [0.1, 0.15) is 19.3 Å². The van der Waals surface area contributed by atoms with Crippen molar-refractivity contribution in [2.45, 2.75) is 19.3 Å². The number of fused-ring (bicyclic) bond motifs is 1. The van der Waals surface area contributed by atoms with Crippen LogP contribution in [0.4, 0.5) is 5.69 Å². The molecular weight excluding hydrogens is 330 g/mol. The Kier molecular flexibility index (Phi) is 3.48. The van der Waals surface area contributed by atoms with Gasteiger partial charge >= 0.3 is 0 Å². The second-order valence-electron chi connectivity index (χ2n) is 5.37. The first kappa shape index (κ1) is 13.3. The highest BCUT2D eigenvalue weighted by atomic mass is 79.9. The predicted octanol–water partition coefficient (Wildman–Crippen LogP) is 3.63. The molecule has 2 aliphatic rings. The average molecular weight is 345 g/mol. The molecule has 0 radical (unpaired) electrons. The Hall–Kier alpha value is -0.740. The minimum atomic E-state index is 0.0157. The second kappa shape index (κ2) is 4.98. The van der Waals surface area contributed by atoms with Gasteiger partial charge in [0.2, 0.25) is 0 Å². The van der Waals surface area contributed by atoms with Crippen LogP contribution in [0.3, 0.4) is 0 Å². The summed E-state index contributed by atoms with van der Waals surface area (Å²) in [6.45, 7) is 0.862. The topological polar surface area (TPSA) is 29.5 Å². The zero-order valence-electron chi connectivity index (χ0n) is 10.5. The summed E-state index contributed by atoms with van der Waals surface area (Å²) >= 11 is 9.63. The van der Waals surface area contributed by atoms with Crippen LogP contribution in [-0.2, 0) is 4.79 Å². The maximum Gasteiger partial charge on any atom is 0.265 e. The van der Waals surface area contributed by atoms with E-state index in [2.05, 4.69) is 15.9 Å². The number of nitrogens with zero attached hydrogens (tertiary/aromatic N) is 1. The molecule has 0 bridgehead atoms. The van der Waals surface area contributed by atoms with Crippen LogP contribution in [-0.4, -0.2) is 24.4 Å². The number of amides is 1. The van der Waals surface area contributed by atoms with Crippen molar-refractivity contribution in [1.82, 2.24) is 0 Å². The van der Waals surface area contributed by atoms with Crippen LogP contribution in [0.25, 0.3) is 0 Å². The normalized spacial score (nSPS) is 20.5. The monoisotopic (exact) mass is 343 g/mol. The highest BCUT2D eigenvalue weighted by Crippen LogP contribution is 2.45. The van der Waals surface area contributed by atoms with Crippen LogP contribution >= 0.6 is 27.5 Å². The molecule has 0 saturated heterocycles. The summed E-state index contributed by atoms with van der Waals surface area (Å²) in [5.74, 6) is 0.759. The molecule has 3 rings (SSSR count). The molecule has 102 valence electrons. The van der Waals surface area contributed by atoms with E-state index < -0.39 is 0 Å².